The van der Waals surface area contributed by atoms with Crippen molar-refractivity contribution in [3.8, 4) is 0 Å². The first-order valence-corrected chi connectivity index (χ1v) is 7.08. The predicted octanol–water partition coefficient (Wildman–Crippen LogP) is 3.15. The Balaban J connectivity index is 2.06. The largest absolute Gasteiger partial charge is 0.312 e. The number of rotatable bonds is 5. The van der Waals surface area contributed by atoms with Gasteiger partial charge in [-0.05, 0) is 42.1 Å². The highest BCUT2D eigenvalue weighted by Crippen LogP contribution is 2.26. The maximum atomic E-state index is 11.9. The zero-order chi connectivity index (χ0) is 13.8. The summed E-state index contributed by atoms with van der Waals surface area (Å²) < 4.78 is 0. The van der Waals surface area contributed by atoms with Gasteiger partial charge in [-0.3, -0.25) is 9.59 Å². The van der Waals surface area contributed by atoms with Crippen molar-refractivity contribution in [3.05, 3.63) is 29.8 Å². The predicted molar refractivity (Wildman–Crippen MR) is 76.4 cm³/mol. The molecular weight excluding hydrogens is 262 g/mol. The lowest BCUT2D eigenvalue weighted by Crippen LogP contribution is -2.25. The third-order valence-electron chi connectivity index (χ3n) is 3.51. The number of benzene rings is 1. The zero-order valence-electron chi connectivity index (χ0n) is 11.1. The molecule has 2 rings (SSSR count). The average molecular weight is 280 g/mol. The highest BCUT2D eigenvalue weighted by molar-refractivity contribution is 6.64. The maximum absolute atomic E-state index is 11.9. The SMILES string of the molecule is CCCCc1ccc(N2C[C@H](C(=O)Cl)CC2=O)cc1. The molecule has 0 N–H and O–H groups in total. The Morgan fingerprint density at radius 3 is 2.58 bits per heavy atom. The number of hydrogen-bond donors (Lipinski definition) is 0. The minimum absolute atomic E-state index is 0.0275. The molecule has 1 heterocycles. The van der Waals surface area contributed by atoms with Gasteiger partial charge in [0.2, 0.25) is 11.1 Å². The van der Waals surface area contributed by atoms with Gasteiger partial charge in [-0.25, -0.2) is 0 Å². The van der Waals surface area contributed by atoms with E-state index in [1.807, 2.05) is 24.3 Å². The van der Waals surface area contributed by atoms with Crippen molar-refractivity contribution in [2.75, 3.05) is 11.4 Å². The minimum Gasteiger partial charge on any atom is -0.312 e. The first-order chi connectivity index (χ1) is 9.11. The van der Waals surface area contributed by atoms with Gasteiger partial charge in [-0.1, -0.05) is 25.5 Å². The van der Waals surface area contributed by atoms with Gasteiger partial charge in [0.05, 0.1) is 5.92 Å². The first-order valence-electron chi connectivity index (χ1n) is 6.70. The monoisotopic (exact) mass is 279 g/mol. The molecule has 1 aromatic carbocycles. The molecule has 19 heavy (non-hydrogen) atoms. The summed E-state index contributed by atoms with van der Waals surface area (Å²) in [6.45, 7) is 2.57. The van der Waals surface area contributed by atoms with Crippen molar-refractivity contribution in [2.45, 2.75) is 32.6 Å². The maximum Gasteiger partial charge on any atom is 0.227 e. The molecule has 1 fully saturated rings. The van der Waals surface area contributed by atoms with E-state index in [9.17, 15) is 9.59 Å². The van der Waals surface area contributed by atoms with Crippen molar-refractivity contribution < 1.29 is 9.59 Å². The fraction of sp³-hybridized carbons (Fsp3) is 0.467. The van der Waals surface area contributed by atoms with E-state index >= 15 is 0 Å². The Hall–Kier alpha value is -1.35. The summed E-state index contributed by atoms with van der Waals surface area (Å²) in [5, 5.41) is -0.421. The molecule has 1 aliphatic heterocycles. The van der Waals surface area contributed by atoms with Crippen LogP contribution in [0.1, 0.15) is 31.7 Å². The molecule has 1 amide bonds. The molecule has 0 spiro atoms. The summed E-state index contributed by atoms with van der Waals surface area (Å²) in [4.78, 5) is 24.6. The van der Waals surface area contributed by atoms with Gasteiger partial charge in [0.15, 0.2) is 0 Å². The van der Waals surface area contributed by atoms with Gasteiger partial charge in [0.1, 0.15) is 0 Å². The highest BCUT2D eigenvalue weighted by Gasteiger charge is 2.34. The van der Waals surface area contributed by atoms with Crippen LogP contribution in [-0.2, 0) is 16.0 Å². The number of unbranched alkanes of at least 4 members (excludes halogenated alkanes) is 1. The van der Waals surface area contributed by atoms with Crippen LogP contribution in [0.3, 0.4) is 0 Å². The van der Waals surface area contributed by atoms with Gasteiger partial charge in [-0.15, -0.1) is 0 Å². The molecule has 1 aliphatic rings. The van der Waals surface area contributed by atoms with Crippen molar-refractivity contribution >= 4 is 28.4 Å². The molecule has 1 aromatic rings. The Kier molecular flexibility index (Phi) is 4.59. The number of amides is 1. The third-order valence-corrected chi connectivity index (χ3v) is 3.82. The fourth-order valence-corrected chi connectivity index (χ4v) is 2.48. The number of anilines is 1. The summed E-state index contributed by atoms with van der Waals surface area (Å²) in [5.41, 5.74) is 2.13. The van der Waals surface area contributed by atoms with Crippen molar-refractivity contribution in [2.24, 2.45) is 5.92 Å². The van der Waals surface area contributed by atoms with Crippen LogP contribution in [0.2, 0.25) is 0 Å². The Morgan fingerprint density at radius 2 is 2.05 bits per heavy atom. The van der Waals surface area contributed by atoms with Gasteiger partial charge < -0.3 is 4.90 Å². The molecular formula is C15H18ClNO2. The van der Waals surface area contributed by atoms with Crippen LogP contribution < -0.4 is 4.90 Å². The minimum atomic E-state index is -0.421. The van der Waals surface area contributed by atoms with Crippen molar-refractivity contribution in [3.63, 3.8) is 0 Å². The Bertz CT molecular complexity index is 470. The molecule has 0 unspecified atom stereocenters. The Morgan fingerprint density at radius 1 is 1.37 bits per heavy atom. The molecule has 1 saturated heterocycles. The van der Waals surface area contributed by atoms with Crippen LogP contribution >= 0.6 is 11.6 Å². The van der Waals surface area contributed by atoms with Gasteiger partial charge in [-0.2, -0.15) is 0 Å². The van der Waals surface area contributed by atoms with Gasteiger partial charge in [0, 0.05) is 18.7 Å². The first kappa shape index (κ1) is 14.1. The summed E-state index contributed by atoms with van der Waals surface area (Å²) in [6.07, 6.45) is 3.63. The highest BCUT2D eigenvalue weighted by atomic mass is 35.5. The molecule has 102 valence electrons. The van der Waals surface area contributed by atoms with Gasteiger partial charge in [0.25, 0.3) is 0 Å². The van der Waals surface area contributed by atoms with Crippen molar-refractivity contribution in [1.82, 2.24) is 0 Å². The summed E-state index contributed by atoms with van der Waals surface area (Å²) >= 11 is 5.47. The number of nitrogens with zero attached hydrogens (tertiary/aromatic N) is 1. The normalized spacial score (nSPS) is 18.9. The molecule has 0 aromatic heterocycles. The standard InChI is InChI=1S/C15H18ClNO2/c1-2-3-4-11-5-7-13(8-6-11)17-10-12(15(16)19)9-14(17)18/h5-8,12H,2-4,9-10H2,1H3/t12-/m1/s1. The molecule has 0 bridgehead atoms. The van der Waals surface area contributed by atoms with E-state index in [0.717, 1.165) is 12.1 Å². The molecule has 0 aliphatic carbocycles. The van der Waals surface area contributed by atoms with Crippen LogP contribution in [-0.4, -0.2) is 17.7 Å². The molecule has 3 nitrogen and oxygen atoms in total. The zero-order valence-corrected chi connectivity index (χ0v) is 11.8. The summed E-state index contributed by atoms with van der Waals surface area (Å²) in [5.74, 6) is -0.394. The average Bonchev–Trinajstić information content (AvgIpc) is 2.79. The van der Waals surface area contributed by atoms with E-state index in [2.05, 4.69) is 6.92 Å². The lowest BCUT2D eigenvalue weighted by molar-refractivity contribution is -0.120. The van der Waals surface area contributed by atoms with Crippen LogP contribution in [0.5, 0.6) is 0 Å². The van der Waals surface area contributed by atoms with E-state index in [4.69, 9.17) is 11.6 Å². The summed E-state index contributed by atoms with van der Waals surface area (Å²) in [7, 11) is 0. The topological polar surface area (TPSA) is 37.4 Å². The second-order valence-electron chi connectivity index (χ2n) is 4.98. The van der Waals surface area contributed by atoms with E-state index < -0.39 is 5.24 Å². The number of halogens is 1. The van der Waals surface area contributed by atoms with E-state index in [1.165, 1.54) is 18.4 Å². The lowest BCUT2D eigenvalue weighted by atomic mass is 10.1. The molecule has 1 atom stereocenters. The number of aryl methyl sites for hydroxylation is 1. The quantitative estimate of drug-likeness (QED) is 0.777. The van der Waals surface area contributed by atoms with E-state index in [-0.39, 0.29) is 18.2 Å². The third kappa shape index (κ3) is 3.35. The van der Waals surface area contributed by atoms with Crippen LogP contribution in [0.4, 0.5) is 5.69 Å². The lowest BCUT2D eigenvalue weighted by Gasteiger charge is -2.16. The number of hydrogen-bond acceptors (Lipinski definition) is 2. The smallest absolute Gasteiger partial charge is 0.227 e. The second kappa shape index (κ2) is 6.20. The Labute approximate surface area is 118 Å². The molecule has 0 saturated carbocycles. The van der Waals surface area contributed by atoms with E-state index in [1.54, 1.807) is 4.90 Å². The van der Waals surface area contributed by atoms with Crippen LogP contribution in [0.25, 0.3) is 0 Å². The van der Waals surface area contributed by atoms with E-state index in [0.29, 0.717) is 6.54 Å². The number of carbonyl (C=O) groups is 2. The molecule has 4 heteroatoms. The molecule has 0 radical (unpaired) electrons. The van der Waals surface area contributed by atoms with Crippen molar-refractivity contribution in [1.29, 1.82) is 0 Å². The second-order valence-corrected chi connectivity index (χ2v) is 5.35. The van der Waals surface area contributed by atoms with Gasteiger partial charge >= 0.3 is 0 Å². The summed E-state index contributed by atoms with van der Waals surface area (Å²) in [6, 6.07) is 8.00. The fourth-order valence-electron chi connectivity index (χ4n) is 2.33. The van der Waals surface area contributed by atoms with Crippen LogP contribution in [0, 0.1) is 5.92 Å². The number of carbonyl (C=O) groups excluding carboxylic acids is 2. The van der Waals surface area contributed by atoms with Crippen LogP contribution in [0.15, 0.2) is 24.3 Å².